The second-order valence-electron chi connectivity index (χ2n) is 5.30. The molecule has 1 saturated carbocycles. The van der Waals surface area contributed by atoms with Gasteiger partial charge in [0.15, 0.2) is 0 Å². The van der Waals surface area contributed by atoms with Crippen molar-refractivity contribution in [3.05, 3.63) is 35.9 Å². The summed E-state index contributed by atoms with van der Waals surface area (Å²) >= 11 is 1.61. The van der Waals surface area contributed by atoms with E-state index in [2.05, 4.69) is 0 Å². The summed E-state index contributed by atoms with van der Waals surface area (Å²) in [5.74, 6) is -0.710. The van der Waals surface area contributed by atoms with Gasteiger partial charge in [-0.3, -0.25) is 4.79 Å². The molecule has 20 heavy (non-hydrogen) atoms. The molecule has 0 bridgehead atoms. The van der Waals surface area contributed by atoms with Gasteiger partial charge in [-0.1, -0.05) is 30.3 Å². The second kappa shape index (κ2) is 7.70. The average Bonchev–Trinajstić information content (AvgIpc) is 2.48. The monoisotopic (exact) mass is 294 g/mol. The van der Waals surface area contributed by atoms with E-state index in [1.54, 1.807) is 18.9 Å². The molecule has 3 unspecified atom stereocenters. The Labute approximate surface area is 124 Å². The van der Waals surface area contributed by atoms with Crippen LogP contribution in [0.3, 0.4) is 0 Å². The highest BCUT2D eigenvalue weighted by Gasteiger charge is 2.28. The van der Waals surface area contributed by atoms with Crippen molar-refractivity contribution < 1.29 is 14.6 Å². The Hall–Kier alpha value is -1.00. The van der Waals surface area contributed by atoms with Gasteiger partial charge in [-0.05, 0) is 37.7 Å². The second-order valence-corrected chi connectivity index (χ2v) is 6.81. The molecule has 4 heteroatoms. The molecule has 0 amide bonds. The van der Waals surface area contributed by atoms with Crippen LogP contribution < -0.4 is 0 Å². The largest absolute Gasteiger partial charge is 0.480 e. The number of benzene rings is 1. The van der Waals surface area contributed by atoms with Gasteiger partial charge in [0, 0.05) is 12.4 Å². The first-order valence-corrected chi connectivity index (χ1v) is 8.08. The van der Waals surface area contributed by atoms with E-state index in [9.17, 15) is 9.90 Å². The maximum Gasteiger partial charge on any atom is 0.316 e. The van der Waals surface area contributed by atoms with E-state index in [0.717, 1.165) is 31.2 Å². The minimum absolute atomic E-state index is 0.299. The molecule has 2 rings (SSSR count). The van der Waals surface area contributed by atoms with Gasteiger partial charge in [-0.2, -0.15) is 0 Å². The number of carbonyl (C=O) groups is 1. The first kappa shape index (κ1) is 15.4. The van der Waals surface area contributed by atoms with Crippen LogP contribution in [0.15, 0.2) is 30.3 Å². The number of methoxy groups -OCH3 is 1. The molecule has 1 fully saturated rings. The zero-order valence-electron chi connectivity index (χ0n) is 11.8. The lowest BCUT2D eigenvalue weighted by molar-refractivity contribution is -0.136. The van der Waals surface area contributed by atoms with Crippen molar-refractivity contribution >= 4 is 17.7 Å². The summed E-state index contributed by atoms with van der Waals surface area (Å²) in [6, 6.07) is 9.86. The molecule has 0 aliphatic heterocycles. The van der Waals surface area contributed by atoms with Crippen LogP contribution in [0.2, 0.25) is 0 Å². The van der Waals surface area contributed by atoms with E-state index < -0.39 is 5.97 Å². The van der Waals surface area contributed by atoms with Crippen LogP contribution in [-0.4, -0.2) is 34.8 Å². The van der Waals surface area contributed by atoms with Crippen molar-refractivity contribution in [2.75, 3.05) is 7.11 Å². The van der Waals surface area contributed by atoms with E-state index in [0.29, 0.717) is 17.8 Å². The number of thioether (sulfide) groups is 1. The number of ether oxygens (including phenoxy) is 1. The molecular formula is C16H22O3S. The molecular weight excluding hydrogens is 272 g/mol. The van der Waals surface area contributed by atoms with E-state index in [1.807, 2.05) is 30.3 Å². The van der Waals surface area contributed by atoms with Crippen LogP contribution >= 0.6 is 11.8 Å². The van der Waals surface area contributed by atoms with Crippen LogP contribution in [0.5, 0.6) is 0 Å². The van der Waals surface area contributed by atoms with Gasteiger partial charge < -0.3 is 9.84 Å². The summed E-state index contributed by atoms with van der Waals surface area (Å²) in [6.45, 7) is 0. The summed E-state index contributed by atoms with van der Waals surface area (Å²) in [5.41, 5.74) is 1.09. The summed E-state index contributed by atoms with van der Waals surface area (Å²) < 4.78 is 5.42. The predicted molar refractivity (Wildman–Crippen MR) is 82.2 cm³/mol. The fourth-order valence-corrected chi connectivity index (χ4v) is 4.19. The third-order valence-corrected chi connectivity index (χ3v) is 5.32. The standard InChI is InChI=1S/C16H22O3S/c1-19-13-8-5-9-14(11-13)20-15(16(17)18)10-12-6-3-2-4-7-12/h2-4,6-7,13-15H,5,8-11H2,1H3,(H,17,18). The topological polar surface area (TPSA) is 46.5 Å². The summed E-state index contributed by atoms with van der Waals surface area (Å²) in [7, 11) is 1.75. The number of hydrogen-bond acceptors (Lipinski definition) is 3. The third kappa shape index (κ3) is 4.53. The number of aliphatic carboxylic acids is 1. The van der Waals surface area contributed by atoms with Crippen molar-refractivity contribution in [3.63, 3.8) is 0 Å². The first-order chi connectivity index (χ1) is 9.69. The molecule has 3 nitrogen and oxygen atoms in total. The van der Waals surface area contributed by atoms with E-state index in [-0.39, 0.29) is 5.25 Å². The molecule has 0 radical (unpaired) electrons. The van der Waals surface area contributed by atoms with Crippen molar-refractivity contribution in [1.29, 1.82) is 0 Å². The fraction of sp³-hybridized carbons (Fsp3) is 0.562. The lowest BCUT2D eigenvalue weighted by atomic mass is 9.97. The van der Waals surface area contributed by atoms with Crippen molar-refractivity contribution in [2.45, 2.75) is 48.7 Å². The molecule has 0 saturated heterocycles. The van der Waals surface area contributed by atoms with E-state index in [4.69, 9.17) is 4.74 Å². The lowest BCUT2D eigenvalue weighted by Crippen LogP contribution is -2.28. The Morgan fingerprint density at radius 2 is 2.15 bits per heavy atom. The van der Waals surface area contributed by atoms with Crippen molar-refractivity contribution in [2.24, 2.45) is 0 Å². The molecule has 0 spiro atoms. The first-order valence-electron chi connectivity index (χ1n) is 7.14. The Bertz CT molecular complexity index is 421. The van der Waals surface area contributed by atoms with Gasteiger partial charge in [0.25, 0.3) is 0 Å². The summed E-state index contributed by atoms with van der Waals surface area (Å²) in [5, 5.41) is 9.47. The van der Waals surface area contributed by atoms with Crippen LogP contribution in [0, 0.1) is 0 Å². The van der Waals surface area contributed by atoms with Gasteiger partial charge in [-0.15, -0.1) is 11.8 Å². The highest BCUT2D eigenvalue weighted by molar-refractivity contribution is 8.01. The normalized spacial score (nSPS) is 24.2. The van der Waals surface area contributed by atoms with Crippen molar-refractivity contribution in [1.82, 2.24) is 0 Å². The molecule has 0 heterocycles. The molecule has 0 aromatic heterocycles. The number of carboxylic acid groups (broad SMARTS) is 1. The number of rotatable bonds is 6. The average molecular weight is 294 g/mol. The van der Waals surface area contributed by atoms with Gasteiger partial charge in [0.1, 0.15) is 5.25 Å². The molecule has 1 N–H and O–H groups in total. The van der Waals surface area contributed by atoms with Crippen molar-refractivity contribution in [3.8, 4) is 0 Å². The van der Waals surface area contributed by atoms with Crippen LogP contribution in [0.1, 0.15) is 31.2 Å². The Balaban J connectivity index is 1.94. The van der Waals surface area contributed by atoms with Crippen LogP contribution in [0.4, 0.5) is 0 Å². The summed E-state index contributed by atoms with van der Waals surface area (Å²) in [4.78, 5) is 11.5. The van der Waals surface area contributed by atoms with Gasteiger partial charge in [-0.25, -0.2) is 0 Å². The molecule has 1 aliphatic rings. The van der Waals surface area contributed by atoms with E-state index in [1.165, 1.54) is 0 Å². The molecule has 1 aromatic rings. The van der Waals surface area contributed by atoms with Gasteiger partial charge in [0.2, 0.25) is 0 Å². The molecule has 1 aliphatic carbocycles. The highest BCUT2D eigenvalue weighted by atomic mass is 32.2. The Morgan fingerprint density at radius 3 is 2.80 bits per heavy atom. The minimum Gasteiger partial charge on any atom is -0.480 e. The van der Waals surface area contributed by atoms with Gasteiger partial charge in [0.05, 0.1) is 6.10 Å². The zero-order valence-corrected chi connectivity index (χ0v) is 12.6. The van der Waals surface area contributed by atoms with Crippen LogP contribution in [0.25, 0.3) is 0 Å². The van der Waals surface area contributed by atoms with Gasteiger partial charge >= 0.3 is 5.97 Å². The summed E-state index contributed by atoms with van der Waals surface area (Å²) in [6.07, 6.45) is 5.20. The van der Waals surface area contributed by atoms with E-state index >= 15 is 0 Å². The molecule has 1 aromatic carbocycles. The molecule has 3 atom stereocenters. The lowest BCUT2D eigenvalue weighted by Gasteiger charge is -2.29. The Kier molecular flexibility index (Phi) is 5.92. The third-order valence-electron chi connectivity index (χ3n) is 3.81. The molecule has 110 valence electrons. The fourth-order valence-electron chi connectivity index (χ4n) is 2.69. The smallest absolute Gasteiger partial charge is 0.316 e. The number of carboxylic acids is 1. The number of hydrogen-bond donors (Lipinski definition) is 1. The van der Waals surface area contributed by atoms with Crippen LogP contribution in [-0.2, 0) is 16.0 Å². The maximum absolute atomic E-state index is 11.5. The SMILES string of the molecule is COC1CCCC(SC(Cc2ccccc2)C(=O)O)C1. The highest BCUT2D eigenvalue weighted by Crippen LogP contribution is 2.33. The minimum atomic E-state index is -0.710. The maximum atomic E-state index is 11.5. The zero-order chi connectivity index (χ0) is 14.4. The quantitative estimate of drug-likeness (QED) is 0.874. The predicted octanol–water partition coefficient (Wildman–Crippen LogP) is 3.37. The Morgan fingerprint density at radius 1 is 1.40 bits per heavy atom.